The maximum Gasteiger partial charge on any atom is 0.263 e. The largest absolute Gasteiger partial charge is 0.481 e. The number of fused-ring (bicyclic) bond motifs is 2. The molecule has 5 rings (SSSR count). The Labute approximate surface area is 206 Å². The van der Waals surface area contributed by atoms with Crippen LogP contribution in [0.2, 0.25) is 0 Å². The molecule has 0 aliphatic carbocycles. The van der Waals surface area contributed by atoms with Crippen molar-refractivity contribution in [3.63, 3.8) is 0 Å². The Balaban J connectivity index is 1.18. The van der Waals surface area contributed by atoms with E-state index < -0.39 is 5.82 Å². The van der Waals surface area contributed by atoms with E-state index >= 15 is 0 Å². The summed E-state index contributed by atoms with van der Waals surface area (Å²) >= 11 is 0. The lowest BCUT2D eigenvalue weighted by Gasteiger charge is -2.18. The van der Waals surface area contributed by atoms with E-state index in [0.717, 1.165) is 5.69 Å². The van der Waals surface area contributed by atoms with Crippen LogP contribution in [0.4, 0.5) is 10.2 Å². The number of halogens is 1. The van der Waals surface area contributed by atoms with Gasteiger partial charge >= 0.3 is 0 Å². The predicted octanol–water partition coefficient (Wildman–Crippen LogP) is 1.60. The minimum Gasteiger partial charge on any atom is -0.481 e. The van der Waals surface area contributed by atoms with E-state index in [1.165, 1.54) is 13.3 Å². The topological polar surface area (TPSA) is 134 Å². The van der Waals surface area contributed by atoms with Gasteiger partial charge in [-0.05, 0) is 24.6 Å². The molecule has 1 fully saturated rings. The molecule has 188 valence electrons. The quantitative estimate of drug-likeness (QED) is 0.315. The molecule has 3 aromatic heterocycles. The molecule has 0 spiro atoms. The second-order valence-electron chi connectivity index (χ2n) is 8.70. The van der Waals surface area contributed by atoms with E-state index in [4.69, 9.17) is 9.47 Å². The summed E-state index contributed by atoms with van der Waals surface area (Å²) in [4.78, 5) is 26.6. The summed E-state index contributed by atoms with van der Waals surface area (Å²) in [6.45, 7) is 2.75. The van der Waals surface area contributed by atoms with Crippen molar-refractivity contribution >= 4 is 28.5 Å². The molecule has 1 atom stereocenters. The molecule has 0 bridgehead atoms. The van der Waals surface area contributed by atoms with Crippen LogP contribution in [0.25, 0.3) is 11.0 Å². The number of nitrogens with zero attached hydrogens (tertiary/aromatic N) is 5. The number of ether oxygens (including phenoxy) is 2. The third-order valence-electron chi connectivity index (χ3n) is 6.32. The third-order valence-corrected chi connectivity index (χ3v) is 6.32. The van der Waals surface area contributed by atoms with Gasteiger partial charge in [-0.15, -0.1) is 0 Å². The van der Waals surface area contributed by atoms with Crippen LogP contribution in [0.3, 0.4) is 0 Å². The lowest BCUT2D eigenvalue weighted by molar-refractivity contribution is -0.118. The molecule has 3 N–H and O–H groups in total. The second-order valence-corrected chi connectivity index (χ2v) is 8.70. The first-order valence-corrected chi connectivity index (χ1v) is 11.6. The van der Waals surface area contributed by atoms with Crippen molar-refractivity contribution in [2.24, 2.45) is 11.1 Å². The summed E-state index contributed by atoms with van der Waals surface area (Å²) in [5.41, 5.74) is 3.00. The number of hydrogen-bond donors (Lipinski definition) is 3. The van der Waals surface area contributed by atoms with Crippen LogP contribution in [-0.4, -0.2) is 76.6 Å². The van der Waals surface area contributed by atoms with E-state index in [1.807, 2.05) is 6.07 Å². The number of anilines is 1. The highest BCUT2D eigenvalue weighted by Gasteiger charge is 2.29. The highest BCUT2D eigenvalue weighted by Crippen LogP contribution is 2.25. The summed E-state index contributed by atoms with van der Waals surface area (Å²) < 4.78 is 25.2. The maximum absolute atomic E-state index is 14.6. The van der Waals surface area contributed by atoms with E-state index in [2.05, 4.69) is 35.6 Å². The summed E-state index contributed by atoms with van der Waals surface area (Å²) in [6, 6.07) is 7.07. The fourth-order valence-electron chi connectivity index (χ4n) is 4.48. The predicted molar refractivity (Wildman–Crippen MR) is 129 cm³/mol. The van der Waals surface area contributed by atoms with Crippen LogP contribution in [0.5, 0.6) is 11.6 Å². The normalized spacial score (nSPS) is 18.8. The van der Waals surface area contributed by atoms with Crippen molar-refractivity contribution in [1.82, 2.24) is 25.2 Å². The zero-order chi connectivity index (χ0) is 25.1. The average molecular weight is 496 g/mol. The fourth-order valence-corrected chi connectivity index (χ4v) is 4.48. The number of pyridine rings is 3. The molecular formula is C24H26FN7O4. The Morgan fingerprint density at radius 2 is 2.22 bits per heavy atom. The Kier molecular flexibility index (Phi) is 6.87. The van der Waals surface area contributed by atoms with E-state index in [9.17, 15) is 14.4 Å². The van der Waals surface area contributed by atoms with Crippen LogP contribution in [0.15, 0.2) is 35.6 Å². The molecule has 11 nitrogen and oxygen atoms in total. The highest BCUT2D eigenvalue weighted by molar-refractivity contribution is 5.94. The van der Waals surface area contributed by atoms with Gasteiger partial charge in [-0.2, -0.15) is 0 Å². The lowest BCUT2D eigenvalue weighted by Crippen LogP contribution is -2.29. The van der Waals surface area contributed by atoms with Crippen molar-refractivity contribution in [1.29, 1.82) is 0 Å². The molecule has 3 aromatic rings. The molecule has 5 heterocycles. The number of carbonyl (C=O) groups excluding carboxylic acids is 1. The van der Waals surface area contributed by atoms with Crippen molar-refractivity contribution < 1.29 is 23.9 Å². The molecule has 2 aliphatic heterocycles. The minimum absolute atomic E-state index is 0.00656. The molecule has 0 radical (unpaired) electrons. The summed E-state index contributed by atoms with van der Waals surface area (Å²) in [5, 5.41) is 19.1. The monoisotopic (exact) mass is 495 g/mol. The molecule has 0 unspecified atom stereocenters. The van der Waals surface area contributed by atoms with Crippen LogP contribution < -0.4 is 20.1 Å². The van der Waals surface area contributed by atoms with E-state index in [1.54, 1.807) is 18.2 Å². The van der Waals surface area contributed by atoms with Gasteiger partial charge in [0.25, 0.3) is 5.91 Å². The Bertz CT molecular complexity index is 1320. The molecule has 12 heteroatoms. The number of aromatic nitrogens is 3. The first kappa shape index (κ1) is 23.8. The highest BCUT2D eigenvalue weighted by atomic mass is 19.1. The Morgan fingerprint density at radius 3 is 3.06 bits per heavy atom. The van der Waals surface area contributed by atoms with Crippen LogP contribution >= 0.6 is 0 Å². The van der Waals surface area contributed by atoms with Gasteiger partial charge in [-0.25, -0.2) is 14.4 Å². The number of amides is 1. The second kappa shape index (κ2) is 10.4. The van der Waals surface area contributed by atoms with Crippen LogP contribution in [-0.2, 0) is 17.8 Å². The average Bonchev–Trinajstić information content (AvgIpc) is 3.29. The van der Waals surface area contributed by atoms with Gasteiger partial charge < -0.3 is 25.3 Å². The molecule has 2 aliphatic rings. The van der Waals surface area contributed by atoms with Crippen LogP contribution in [0, 0.1) is 11.7 Å². The Hall–Kier alpha value is -3.90. The van der Waals surface area contributed by atoms with Crippen molar-refractivity contribution in [3.05, 3.63) is 47.5 Å². The molecule has 36 heavy (non-hydrogen) atoms. The SMILES string of the molecule is COc1ccc2ncc(F)c(CCN3CC(=NO)[C@H](CNCc4ccc5c(n4)NC(=O)CO5)C3)c2n1. The maximum atomic E-state index is 14.6. The molecule has 1 saturated heterocycles. The number of rotatable bonds is 8. The molecule has 0 aromatic carbocycles. The van der Waals surface area contributed by atoms with Gasteiger partial charge in [-0.1, -0.05) is 5.16 Å². The number of methoxy groups -OCH3 is 1. The Morgan fingerprint density at radius 1 is 1.33 bits per heavy atom. The zero-order valence-corrected chi connectivity index (χ0v) is 19.7. The van der Waals surface area contributed by atoms with Gasteiger partial charge in [0.1, 0.15) is 5.82 Å². The molecule has 0 saturated carbocycles. The van der Waals surface area contributed by atoms with Crippen molar-refractivity contribution in [3.8, 4) is 11.6 Å². The summed E-state index contributed by atoms with van der Waals surface area (Å²) in [5.74, 6) is 0.722. The fraction of sp³-hybridized carbons (Fsp3) is 0.375. The smallest absolute Gasteiger partial charge is 0.263 e. The first-order chi connectivity index (χ1) is 17.5. The van der Waals surface area contributed by atoms with Gasteiger partial charge in [-0.3, -0.25) is 14.7 Å². The molecule has 1 amide bonds. The minimum atomic E-state index is -0.407. The number of oxime groups is 1. The molecular weight excluding hydrogens is 469 g/mol. The van der Waals surface area contributed by atoms with Crippen molar-refractivity contribution in [2.45, 2.75) is 13.0 Å². The van der Waals surface area contributed by atoms with Crippen LogP contribution in [0.1, 0.15) is 11.3 Å². The zero-order valence-electron chi connectivity index (χ0n) is 19.7. The van der Waals surface area contributed by atoms with E-state index in [0.29, 0.717) is 78.9 Å². The first-order valence-electron chi connectivity index (χ1n) is 11.6. The van der Waals surface area contributed by atoms with Gasteiger partial charge in [0.15, 0.2) is 18.2 Å². The number of likely N-dealkylation sites (tertiary alicyclic amines) is 1. The number of nitrogens with one attached hydrogen (secondary N) is 2. The van der Waals surface area contributed by atoms with E-state index in [-0.39, 0.29) is 18.4 Å². The van der Waals surface area contributed by atoms with Crippen molar-refractivity contribution in [2.75, 3.05) is 45.2 Å². The van der Waals surface area contributed by atoms with Gasteiger partial charge in [0.2, 0.25) is 5.88 Å². The third kappa shape index (κ3) is 5.04. The van der Waals surface area contributed by atoms with Gasteiger partial charge in [0.05, 0.1) is 35.7 Å². The number of hydrogen-bond acceptors (Lipinski definition) is 10. The van der Waals surface area contributed by atoms with Gasteiger partial charge in [0, 0.05) is 50.3 Å². The lowest BCUT2D eigenvalue weighted by atomic mass is 10.1. The standard InChI is InChI=1S/C24H26FN7O4/c1-35-22-5-3-18-23(30-22)16(17(25)10-27-18)6-7-32-11-14(19(12-32)31-34)8-26-9-15-2-4-20-24(28-15)29-21(33)13-36-20/h2-5,10,14,26,34H,6-9,11-13H2,1H3,(H,28,29,33)/t14-/m1/s1. The number of carbonyl (C=O) groups is 1. The summed E-state index contributed by atoms with van der Waals surface area (Å²) in [7, 11) is 1.52. The summed E-state index contributed by atoms with van der Waals surface area (Å²) in [6.07, 6.45) is 1.64.